The van der Waals surface area contributed by atoms with Gasteiger partial charge in [0, 0.05) is 19.1 Å². The maximum atomic E-state index is 12.4. The van der Waals surface area contributed by atoms with Crippen molar-refractivity contribution in [1.82, 2.24) is 10.3 Å². The maximum absolute atomic E-state index is 12.4. The van der Waals surface area contributed by atoms with E-state index in [0.29, 0.717) is 59.0 Å². The summed E-state index contributed by atoms with van der Waals surface area (Å²) in [5.74, 6) is -0.438. The van der Waals surface area contributed by atoms with Crippen LogP contribution >= 0.6 is 11.8 Å². The number of nitriles is 2. The fraction of sp³-hybridized carbons (Fsp3) is 0.407. The van der Waals surface area contributed by atoms with Crippen molar-refractivity contribution in [3.05, 3.63) is 52.6 Å². The normalized spacial score (nSPS) is 16.8. The third kappa shape index (κ3) is 6.41. The molecule has 202 valence electrons. The van der Waals surface area contributed by atoms with E-state index in [2.05, 4.69) is 17.5 Å². The fourth-order valence-corrected chi connectivity index (χ4v) is 5.74. The molecule has 39 heavy (non-hydrogen) atoms. The molecule has 1 unspecified atom stereocenters. The number of thioether (sulfide) groups is 1. The van der Waals surface area contributed by atoms with E-state index >= 15 is 0 Å². The number of aromatic nitrogens is 1. The number of hydrogen-bond donors (Lipinski definition) is 3. The third-order valence-corrected chi connectivity index (χ3v) is 8.04. The van der Waals surface area contributed by atoms with Gasteiger partial charge in [0.25, 0.3) is 5.91 Å². The molecule has 0 bridgehead atoms. The van der Waals surface area contributed by atoms with Gasteiger partial charge in [-0.05, 0) is 49.7 Å². The highest BCUT2D eigenvalue weighted by Gasteiger charge is 2.36. The molecular weight excluding hydrogens is 518 g/mol. The van der Waals surface area contributed by atoms with Crippen LogP contribution in [-0.2, 0) is 14.3 Å². The van der Waals surface area contributed by atoms with Gasteiger partial charge in [0.05, 0.1) is 11.1 Å². The third-order valence-electron chi connectivity index (χ3n) is 6.79. The molecule has 2 aromatic rings. The van der Waals surface area contributed by atoms with Crippen LogP contribution in [0.3, 0.4) is 0 Å². The summed E-state index contributed by atoms with van der Waals surface area (Å²) in [5.41, 5.74) is 12.8. The van der Waals surface area contributed by atoms with Crippen molar-refractivity contribution in [3.8, 4) is 12.1 Å². The van der Waals surface area contributed by atoms with Crippen LogP contribution in [0.5, 0.6) is 0 Å². The van der Waals surface area contributed by atoms with Crippen LogP contribution in [0.2, 0.25) is 0 Å². The maximum Gasteiger partial charge on any atom is 0.405 e. The minimum Gasteiger partial charge on any atom is -0.437 e. The molecule has 1 saturated carbocycles. The summed E-state index contributed by atoms with van der Waals surface area (Å²) in [6, 6.07) is 13.4. The van der Waals surface area contributed by atoms with Gasteiger partial charge in [-0.3, -0.25) is 9.59 Å². The van der Waals surface area contributed by atoms with Crippen molar-refractivity contribution in [2.24, 2.45) is 11.5 Å². The van der Waals surface area contributed by atoms with Crippen molar-refractivity contribution in [3.63, 3.8) is 0 Å². The van der Waals surface area contributed by atoms with E-state index in [1.165, 1.54) is 6.92 Å². The molecule has 1 aliphatic carbocycles. The first-order valence-corrected chi connectivity index (χ1v) is 13.5. The van der Waals surface area contributed by atoms with E-state index in [9.17, 15) is 24.9 Å². The molecule has 2 atom stereocenters. The van der Waals surface area contributed by atoms with Crippen molar-refractivity contribution >= 4 is 35.5 Å². The zero-order valence-corrected chi connectivity index (χ0v) is 22.2. The van der Waals surface area contributed by atoms with Gasteiger partial charge in [0.2, 0.25) is 5.91 Å². The summed E-state index contributed by atoms with van der Waals surface area (Å²) in [5, 5.41) is 22.7. The number of nitrogens with two attached hydrogens (primary N) is 2. The molecule has 5 N–H and O–H groups in total. The van der Waals surface area contributed by atoms with Gasteiger partial charge in [0.1, 0.15) is 28.2 Å². The number of piperidine rings is 1. The van der Waals surface area contributed by atoms with Crippen molar-refractivity contribution < 1.29 is 19.1 Å². The molecule has 1 saturated heterocycles. The molecule has 2 fully saturated rings. The lowest BCUT2D eigenvalue weighted by molar-refractivity contribution is -0.129. The van der Waals surface area contributed by atoms with Crippen LogP contribution in [0.15, 0.2) is 35.4 Å². The van der Waals surface area contributed by atoms with Crippen LogP contribution in [0.25, 0.3) is 0 Å². The molecule has 4 rings (SSSR count). The number of rotatable bonds is 9. The summed E-state index contributed by atoms with van der Waals surface area (Å²) < 4.78 is 4.74. The summed E-state index contributed by atoms with van der Waals surface area (Å²) in [4.78, 5) is 42.5. The van der Waals surface area contributed by atoms with Gasteiger partial charge in [-0.25, -0.2) is 9.78 Å². The fourth-order valence-electron chi connectivity index (χ4n) is 4.69. The van der Waals surface area contributed by atoms with Crippen molar-refractivity contribution in [1.29, 1.82) is 10.5 Å². The second-order valence-electron chi connectivity index (χ2n) is 9.56. The van der Waals surface area contributed by atoms with E-state index in [4.69, 9.17) is 21.2 Å². The second kappa shape index (κ2) is 12.0. The Bertz CT molecular complexity index is 1340. The topological polar surface area (TPSA) is 188 Å². The number of pyridine rings is 1. The average molecular weight is 548 g/mol. The van der Waals surface area contributed by atoms with E-state index < -0.39 is 29.3 Å². The average Bonchev–Trinajstić information content (AvgIpc) is 3.76. The molecule has 0 spiro atoms. The Kier molecular flexibility index (Phi) is 8.57. The Hall–Kier alpha value is -4.29. The number of carbonyl (C=O) groups excluding carboxylic acids is 3. The van der Waals surface area contributed by atoms with Crippen LogP contribution in [-0.4, -0.2) is 48.1 Å². The Morgan fingerprint density at radius 3 is 2.26 bits per heavy atom. The van der Waals surface area contributed by atoms with E-state index in [-0.39, 0.29) is 12.0 Å². The van der Waals surface area contributed by atoms with Gasteiger partial charge in [0.15, 0.2) is 6.10 Å². The first kappa shape index (κ1) is 27.7. The molecule has 2 aliphatic rings. The Morgan fingerprint density at radius 2 is 1.72 bits per heavy atom. The largest absolute Gasteiger partial charge is 0.437 e. The van der Waals surface area contributed by atoms with E-state index in [1.807, 2.05) is 23.1 Å². The van der Waals surface area contributed by atoms with Crippen molar-refractivity contribution in [2.75, 3.05) is 18.0 Å². The minimum absolute atomic E-state index is 0.0859. The molecule has 1 aliphatic heterocycles. The highest BCUT2D eigenvalue weighted by Crippen LogP contribution is 2.48. The lowest BCUT2D eigenvalue weighted by atomic mass is 9.98. The highest BCUT2D eigenvalue weighted by atomic mass is 32.2. The molecule has 1 aromatic carbocycles. The summed E-state index contributed by atoms with van der Waals surface area (Å²) in [7, 11) is 0. The van der Waals surface area contributed by atoms with E-state index in [1.54, 1.807) is 12.1 Å². The summed E-state index contributed by atoms with van der Waals surface area (Å²) in [6.07, 6.45) is 0.847. The van der Waals surface area contributed by atoms with Crippen LogP contribution < -0.4 is 21.7 Å². The van der Waals surface area contributed by atoms with Crippen LogP contribution in [0.4, 0.5) is 10.6 Å². The standard InChI is InChI=1S/C27H29N7O4S/c1-15(38-27(31)37)25(36)32-18-9-11-34(12-10-18)24-19(13-28)21(16-7-8-16)20(14-29)26(33-24)39-22(23(30)35)17-5-3-2-4-6-17/h2-6,15-16,18,22H,7-12H2,1H3,(H2,30,35)(H2,31,37)(H,32,36)/t15-,22?/m1/s1. The highest BCUT2D eigenvalue weighted by molar-refractivity contribution is 8.00. The lowest BCUT2D eigenvalue weighted by Crippen LogP contribution is -2.48. The lowest BCUT2D eigenvalue weighted by Gasteiger charge is -2.34. The van der Waals surface area contributed by atoms with Crippen LogP contribution in [0.1, 0.15) is 66.0 Å². The number of anilines is 1. The number of nitrogens with one attached hydrogen (secondary N) is 1. The van der Waals surface area contributed by atoms with Gasteiger partial charge >= 0.3 is 6.09 Å². The Labute approximate surface area is 230 Å². The molecule has 1 aromatic heterocycles. The Balaban J connectivity index is 1.62. The monoisotopic (exact) mass is 547 g/mol. The number of primary amides is 2. The van der Waals surface area contributed by atoms with Gasteiger partial charge in [-0.15, -0.1) is 0 Å². The molecule has 12 heteroatoms. The van der Waals surface area contributed by atoms with Gasteiger partial charge < -0.3 is 26.4 Å². The minimum atomic E-state index is -1.02. The smallest absolute Gasteiger partial charge is 0.405 e. The molecular formula is C27H29N7O4S. The first-order valence-electron chi connectivity index (χ1n) is 12.6. The Morgan fingerprint density at radius 1 is 1.08 bits per heavy atom. The van der Waals surface area contributed by atoms with Gasteiger partial charge in [-0.2, -0.15) is 10.5 Å². The number of ether oxygens (including phenoxy) is 1. The number of nitrogens with zero attached hydrogens (tertiary/aromatic N) is 4. The number of benzene rings is 1. The van der Waals surface area contributed by atoms with E-state index in [0.717, 1.165) is 24.6 Å². The predicted octanol–water partition coefficient (Wildman–Crippen LogP) is 2.59. The molecule has 2 heterocycles. The van der Waals surface area contributed by atoms with Crippen molar-refractivity contribution in [2.45, 2.75) is 60.9 Å². The zero-order chi connectivity index (χ0) is 28.1. The number of hydrogen-bond acceptors (Lipinski definition) is 9. The van der Waals surface area contributed by atoms with Gasteiger partial charge in [-0.1, -0.05) is 42.1 Å². The zero-order valence-electron chi connectivity index (χ0n) is 21.4. The molecule has 0 radical (unpaired) electrons. The molecule has 11 nitrogen and oxygen atoms in total. The number of amides is 3. The molecule has 3 amide bonds. The number of carbonyl (C=O) groups is 3. The summed E-state index contributed by atoms with van der Waals surface area (Å²) >= 11 is 1.12. The second-order valence-corrected chi connectivity index (χ2v) is 10.7. The SMILES string of the molecule is C[C@@H](OC(N)=O)C(=O)NC1CCN(c2nc(SC(C(N)=O)c3ccccc3)c(C#N)c(C3CC3)c2C#N)CC1. The first-order chi connectivity index (χ1) is 18.7. The predicted molar refractivity (Wildman–Crippen MR) is 143 cm³/mol. The quantitative estimate of drug-likeness (QED) is 0.396. The van der Waals surface area contributed by atoms with Crippen LogP contribution in [0, 0.1) is 22.7 Å². The summed E-state index contributed by atoms with van der Waals surface area (Å²) in [6.45, 7) is 2.44.